The summed E-state index contributed by atoms with van der Waals surface area (Å²) in [7, 11) is 0. The topological polar surface area (TPSA) is 32.3 Å². The molecule has 0 spiro atoms. The van der Waals surface area contributed by atoms with Crippen LogP contribution in [0.5, 0.6) is 0 Å². The number of likely N-dealkylation sites (tertiary alicyclic amines) is 1. The van der Waals surface area contributed by atoms with Crippen molar-refractivity contribution in [3.63, 3.8) is 0 Å². The Morgan fingerprint density at radius 2 is 1.77 bits per heavy atom. The van der Waals surface area contributed by atoms with Crippen LogP contribution in [0.4, 0.5) is 5.69 Å². The number of carbonyl (C=O) groups is 1. The first-order valence-corrected chi connectivity index (χ1v) is 8.03. The van der Waals surface area contributed by atoms with Crippen molar-refractivity contribution in [3.8, 4) is 0 Å². The Labute approximate surface area is 131 Å². The van der Waals surface area contributed by atoms with Gasteiger partial charge >= 0.3 is 0 Å². The van der Waals surface area contributed by atoms with Gasteiger partial charge in [-0.3, -0.25) is 4.79 Å². The highest BCUT2D eigenvalue weighted by atomic mass is 16.2. The van der Waals surface area contributed by atoms with E-state index < -0.39 is 0 Å². The highest BCUT2D eigenvalue weighted by Crippen LogP contribution is 2.43. The first-order chi connectivity index (χ1) is 10.8. The molecule has 2 aliphatic rings. The molecule has 3 nitrogen and oxygen atoms in total. The Morgan fingerprint density at radius 3 is 2.55 bits per heavy atom. The standard InChI is InChI=1S/C19H20N2O/c22-19-11-6-12-21(19)18-13-17(14-7-2-1-3-8-14)20-16-10-5-4-9-15(16)18/h1-5,7-10,17-18,20H,6,11-13H2/t17-,18-/m0/s1. The number of rotatable bonds is 2. The van der Waals surface area contributed by atoms with Gasteiger partial charge in [-0.05, 0) is 30.0 Å². The smallest absolute Gasteiger partial charge is 0.223 e. The van der Waals surface area contributed by atoms with Gasteiger partial charge in [-0.2, -0.15) is 0 Å². The Morgan fingerprint density at radius 1 is 1.00 bits per heavy atom. The number of nitrogens with one attached hydrogen (secondary N) is 1. The predicted octanol–water partition coefficient (Wildman–Crippen LogP) is 3.91. The number of amides is 1. The van der Waals surface area contributed by atoms with E-state index in [-0.39, 0.29) is 12.1 Å². The van der Waals surface area contributed by atoms with Crippen molar-refractivity contribution < 1.29 is 4.79 Å². The zero-order valence-electron chi connectivity index (χ0n) is 12.5. The average Bonchev–Trinajstić information content (AvgIpc) is 3.00. The summed E-state index contributed by atoms with van der Waals surface area (Å²) in [4.78, 5) is 14.3. The minimum absolute atomic E-state index is 0.192. The summed E-state index contributed by atoms with van der Waals surface area (Å²) in [6.45, 7) is 0.888. The third-order valence-corrected chi connectivity index (χ3v) is 4.80. The molecule has 1 fully saturated rings. The molecule has 22 heavy (non-hydrogen) atoms. The Hall–Kier alpha value is -2.29. The van der Waals surface area contributed by atoms with Gasteiger partial charge in [-0.15, -0.1) is 0 Å². The van der Waals surface area contributed by atoms with Crippen LogP contribution < -0.4 is 5.32 Å². The fourth-order valence-electron chi connectivity index (χ4n) is 3.71. The van der Waals surface area contributed by atoms with Crippen LogP contribution in [-0.4, -0.2) is 17.4 Å². The third-order valence-electron chi connectivity index (χ3n) is 4.80. The summed E-state index contributed by atoms with van der Waals surface area (Å²) in [6.07, 6.45) is 2.62. The zero-order chi connectivity index (χ0) is 14.9. The molecule has 0 unspecified atom stereocenters. The molecule has 1 amide bonds. The number of hydrogen-bond acceptors (Lipinski definition) is 2. The van der Waals surface area contributed by atoms with Crippen LogP contribution in [0.15, 0.2) is 54.6 Å². The number of anilines is 1. The molecular weight excluding hydrogens is 272 g/mol. The molecule has 2 aromatic rings. The van der Waals surface area contributed by atoms with Gasteiger partial charge < -0.3 is 10.2 Å². The van der Waals surface area contributed by atoms with Gasteiger partial charge in [0, 0.05) is 18.7 Å². The van der Waals surface area contributed by atoms with E-state index in [1.807, 2.05) is 6.07 Å². The van der Waals surface area contributed by atoms with Crippen molar-refractivity contribution in [3.05, 3.63) is 65.7 Å². The normalized spacial score (nSPS) is 24.0. The number of fused-ring (bicyclic) bond motifs is 1. The first-order valence-electron chi connectivity index (χ1n) is 8.03. The second-order valence-corrected chi connectivity index (χ2v) is 6.14. The molecular formula is C19H20N2O. The molecule has 0 aromatic heterocycles. The molecule has 2 heterocycles. The maximum absolute atomic E-state index is 12.2. The minimum atomic E-state index is 0.192. The Bertz CT molecular complexity index is 683. The lowest BCUT2D eigenvalue weighted by molar-refractivity contribution is -0.130. The van der Waals surface area contributed by atoms with Crippen LogP contribution in [0.2, 0.25) is 0 Å². The summed E-state index contributed by atoms with van der Waals surface area (Å²) in [5, 5.41) is 3.64. The second kappa shape index (κ2) is 5.48. The molecule has 2 aromatic carbocycles. The Balaban J connectivity index is 1.72. The summed E-state index contributed by atoms with van der Waals surface area (Å²) < 4.78 is 0. The molecule has 0 radical (unpaired) electrons. The fraction of sp³-hybridized carbons (Fsp3) is 0.316. The van der Waals surface area contributed by atoms with Crippen LogP contribution in [0.1, 0.15) is 42.5 Å². The fourth-order valence-corrected chi connectivity index (χ4v) is 3.71. The van der Waals surface area contributed by atoms with E-state index in [0.717, 1.165) is 25.1 Å². The largest absolute Gasteiger partial charge is 0.378 e. The van der Waals surface area contributed by atoms with E-state index in [2.05, 4.69) is 58.7 Å². The molecule has 0 saturated carbocycles. The Kier molecular flexibility index (Phi) is 3.34. The van der Waals surface area contributed by atoms with E-state index >= 15 is 0 Å². The van der Waals surface area contributed by atoms with Crippen LogP contribution in [-0.2, 0) is 4.79 Å². The van der Waals surface area contributed by atoms with Crippen molar-refractivity contribution in [1.29, 1.82) is 0 Å². The summed E-state index contributed by atoms with van der Waals surface area (Å²) in [6, 6.07) is 19.4. The molecule has 2 atom stereocenters. The number of para-hydroxylation sites is 1. The minimum Gasteiger partial charge on any atom is -0.378 e. The number of carbonyl (C=O) groups excluding carboxylic acids is 1. The maximum Gasteiger partial charge on any atom is 0.223 e. The highest BCUT2D eigenvalue weighted by Gasteiger charge is 2.35. The monoisotopic (exact) mass is 292 g/mol. The SMILES string of the molecule is O=C1CCCN1[C@H]1C[C@@H](c2ccccc2)Nc2ccccc21. The quantitative estimate of drug-likeness (QED) is 0.910. The van der Waals surface area contributed by atoms with Crippen molar-refractivity contribution in [2.24, 2.45) is 0 Å². The lowest BCUT2D eigenvalue weighted by atomic mass is 9.88. The maximum atomic E-state index is 12.2. The van der Waals surface area contributed by atoms with Gasteiger partial charge in [0.2, 0.25) is 5.91 Å². The first kappa shape index (κ1) is 13.4. The van der Waals surface area contributed by atoms with Crippen molar-refractivity contribution in [2.45, 2.75) is 31.3 Å². The molecule has 4 rings (SSSR count). The number of nitrogens with zero attached hydrogens (tertiary/aromatic N) is 1. The van der Waals surface area contributed by atoms with Crippen LogP contribution >= 0.6 is 0 Å². The second-order valence-electron chi connectivity index (χ2n) is 6.14. The molecule has 0 aliphatic carbocycles. The summed E-state index contributed by atoms with van der Waals surface area (Å²) >= 11 is 0. The lowest BCUT2D eigenvalue weighted by Gasteiger charge is -2.38. The van der Waals surface area contributed by atoms with E-state index in [1.54, 1.807) is 0 Å². The highest BCUT2D eigenvalue weighted by molar-refractivity contribution is 5.79. The van der Waals surface area contributed by atoms with Crippen molar-refractivity contribution in [2.75, 3.05) is 11.9 Å². The third kappa shape index (κ3) is 2.27. The molecule has 1 saturated heterocycles. The molecule has 112 valence electrons. The van der Waals surface area contributed by atoms with E-state index in [1.165, 1.54) is 11.1 Å². The van der Waals surface area contributed by atoms with Crippen LogP contribution in [0, 0.1) is 0 Å². The van der Waals surface area contributed by atoms with Gasteiger partial charge in [0.05, 0.1) is 12.1 Å². The van der Waals surface area contributed by atoms with E-state index in [0.29, 0.717) is 12.3 Å². The number of hydrogen-bond donors (Lipinski definition) is 1. The predicted molar refractivity (Wildman–Crippen MR) is 87.6 cm³/mol. The van der Waals surface area contributed by atoms with Gasteiger partial charge in [0.15, 0.2) is 0 Å². The van der Waals surface area contributed by atoms with E-state index in [9.17, 15) is 4.79 Å². The van der Waals surface area contributed by atoms with Crippen molar-refractivity contribution >= 4 is 11.6 Å². The van der Waals surface area contributed by atoms with Gasteiger partial charge in [0.25, 0.3) is 0 Å². The number of benzene rings is 2. The molecule has 3 heteroatoms. The van der Waals surface area contributed by atoms with Crippen LogP contribution in [0.25, 0.3) is 0 Å². The van der Waals surface area contributed by atoms with Crippen molar-refractivity contribution in [1.82, 2.24) is 4.90 Å². The van der Waals surface area contributed by atoms with Gasteiger partial charge in [-0.25, -0.2) is 0 Å². The van der Waals surface area contributed by atoms with Gasteiger partial charge in [-0.1, -0.05) is 48.5 Å². The zero-order valence-corrected chi connectivity index (χ0v) is 12.5. The average molecular weight is 292 g/mol. The summed E-state index contributed by atoms with van der Waals surface area (Å²) in [5.74, 6) is 0.300. The van der Waals surface area contributed by atoms with E-state index in [4.69, 9.17) is 0 Å². The summed E-state index contributed by atoms with van der Waals surface area (Å²) in [5.41, 5.74) is 3.70. The molecule has 2 aliphatic heterocycles. The lowest BCUT2D eigenvalue weighted by Crippen LogP contribution is -2.35. The van der Waals surface area contributed by atoms with Gasteiger partial charge in [0.1, 0.15) is 0 Å². The van der Waals surface area contributed by atoms with Crippen LogP contribution in [0.3, 0.4) is 0 Å². The molecule has 0 bridgehead atoms. The molecule has 1 N–H and O–H groups in total.